The molecule has 1 rings (SSSR count). The molecule has 3 heteroatoms. The number of rotatable bonds is 4. The average molecular weight is 249 g/mol. The van der Waals surface area contributed by atoms with E-state index in [-0.39, 0.29) is 6.10 Å². The predicted molar refractivity (Wildman–Crippen MR) is 57.1 cm³/mol. The summed E-state index contributed by atoms with van der Waals surface area (Å²) >= 11 is 4.97. The molecule has 1 unspecified atom stereocenters. The number of aliphatic hydroxyl groups is 1. The van der Waals surface area contributed by atoms with Crippen molar-refractivity contribution < 1.29 is 5.11 Å². The fraction of sp³-hybridized carbons (Fsp3) is 0.556. The van der Waals surface area contributed by atoms with Crippen molar-refractivity contribution in [1.29, 1.82) is 0 Å². The van der Waals surface area contributed by atoms with Crippen LogP contribution in [0.5, 0.6) is 0 Å². The molecule has 1 heterocycles. The highest BCUT2D eigenvalue weighted by Crippen LogP contribution is 2.25. The van der Waals surface area contributed by atoms with Gasteiger partial charge in [-0.05, 0) is 18.6 Å². The van der Waals surface area contributed by atoms with Crippen LogP contribution >= 0.6 is 27.3 Å². The number of alkyl halides is 1. The summed E-state index contributed by atoms with van der Waals surface area (Å²) in [4.78, 5) is 2.43. The van der Waals surface area contributed by atoms with E-state index in [2.05, 4.69) is 28.9 Å². The minimum Gasteiger partial charge on any atom is -0.387 e. The van der Waals surface area contributed by atoms with E-state index >= 15 is 0 Å². The van der Waals surface area contributed by atoms with Crippen molar-refractivity contribution in [2.45, 2.75) is 25.9 Å². The maximum Gasteiger partial charge on any atom is 0.0978 e. The molecule has 0 spiro atoms. The standard InChI is InChI=1S/C9H13BrOS/c1-2-3-7-4-5-9(12-7)8(11)6-10/h4-5,8,11H,2-3,6H2,1H3. The average Bonchev–Trinajstić information content (AvgIpc) is 2.52. The molecule has 0 aliphatic heterocycles. The zero-order chi connectivity index (χ0) is 8.97. The maximum absolute atomic E-state index is 9.47. The second-order valence-electron chi connectivity index (χ2n) is 2.72. The van der Waals surface area contributed by atoms with E-state index < -0.39 is 0 Å². The molecule has 1 atom stereocenters. The Labute approximate surface area is 85.6 Å². The fourth-order valence-corrected chi connectivity index (χ4v) is 2.69. The van der Waals surface area contributed by atoms with Gasteiger partial charge in [0.25, 0.3) is 0 Å². The van der Waals surface area contributed by atoms with E-state index in [0.29, 0.717) is 5.33 Å². The van der Waals surface area contributed by atoms with Crippen LogP contribution in [0.25, 0.3) is 0 Å². The molecule has 0 saturated heterocycles. The monoisotopic (exact) mass is 248 g/mol. The summed E-state index contributed by atoms with van der Waals surface area (Å²) < 4.78 is 0. The van der Waals surface area contributed by atoms with E-state index in [1.807, 2.05) is 6.07 Å². The molecule has 12 heavy (non-hydrogen) atoms. The lowest BCUT2D eigenvalue weighted by Crippen LogP contribution is -1.93. The fourth-order valence-electron chi connectivity index (χ4n) is 1.03. The number of hydrogen-bond acceptors (Lipinski definition) is 2. The highest BCUT2D eigenvalue weighted by molar-refractivity contribution is 9.09. The largest absolute Gasteiger partial charge is 0.387 e. The van der Waals surface area contributed by atoms with Gasteiger partial charge in [0.05, 0.1) is 6.10 Å². The van der Waals surface area contributed by atoms with Gasteiger partial charge in [0.15, 0.2) is 0 Å². The van der Waals surface area contributed by atoms with Gasteiger partial charge in [-0.1, -0.05) is 29.3 Å². The van der Waals surface area contributed by atoms with Gasteiger partial charge in [0.2, 0.25) is 0 Å². The van der Waals surface area contributed by atoms with Crippen LogP contribution in [0.4, 0.5) is 0 Å². The third-order valence-electron chi connectivity index (χ3n) is 1.65. The molecule has 0 aliphatic rings. The Morgan fingerprint density at radius 3 is 2.92 bits per heavy atom. The van der Waals surface area contributed by atoms with Crippen LogP contribution in [0.2, 0.25) is 0 Å². The Bertz CT molecular complexity index is 234. The second kappa shape index (κ2) is 5.00. The highest BCUT2D eigenvalue weighted by atomic mass is 79.9. The quantitative estimate of drug-likeness (QED) is 0.813. The lowest BCUT2D eigenvalue weighted by Gasteiger charge is -2.01. The van der Waals surface area contributed by atoms with E-state index in [9.17, 15) is 5.11 Å². The topological polar surface area (TPSA) is 20.2 Å². The van der Waals surface area contributed by atoms with Gasteiger partial charge < -0.3 is 5.11 Å². The van der Waals surface area contributed by atoms with Gasteiger partial charge in [-0.2, -0.15) is 0 Å². The molecule has 1 aromatic heterocycles. The van der Waals surface area contributed by atoms with E-state index in [1.165, 1.54) is 11.3 Å². The first-order valence-electron chi connectivity index (χ1n) is 4.10. The summed E-state index contributed by atoms with van der Waals surface area (Å²) in [6.45, 7) is 2.17. The van der Waals surface area contributed by atoms with Crippen LogP contribution in [0, 0.1) is 0 Å². The van der Waals surface area contributed by atoms with Crippen LogP contribution in [-0.4, -0.2) is 10.4 Å². The van der Waals surface area contributed by atoms with Crippen molar-refractivity contribution in [1.82, 2.24) is 0 Å². The van der Waals surface area contributed by atoms with Gasteiger partial charge in [0, 0.05) is 15.1 Å². The second-order valence-corrected chi connectivity index (χ2v) is 4.57. The minimum atomic E-state index is -0.333. The molecule has 68 valence electrons. The molecule has 1 nitrogen and oxygen atoms in total. The first-order chi connectivity index (χ1) is 5.77. The highest BCUT2D eigenvalue weighted by Gasteiger charge is 2.07. The molecular weight excluding hydrogens is 236 g/mol. The van der Waals surface area contributed by atoms with Crippen LogP contribution in [0.15, 0.2) is 12.1 Å². The Hall–Kier alpha value is 0.140. The first-order valence-corrected chi connectivity index (χ1v) is 6.04. The van der Waals surface area contributed by atoms with Crippen LogP contribution in [-0.2, 0) is 6.42 Å². The van der Waals surface area contributed by atoms with E-state index in [1.54, 1.807) is 11.3 Å². The van der Waals surface area contributed by atoms with Crippen molar-refractivity contribution in [3.8, 4) is 0 Å². The Morgan fingerprint density at radius 2 is 2.33 bits per heavy atom. The molecular formula is C9H13BrOS. The number of hydrogen-bond donors (Lipinski definition) is 1. The molecule has 0 amide bonds. The van der Waals surface area contributed by atoms with Gasteiger partial charge in [0.1, 0.15) is 0 Å². The van der Waals surface area contributed by atoms with Crippen molar-refractivity contribution in [2.24, 2.45) is 0 Å². The van der Waals surface area contributed by atoms with Crippen molar-refractivity contribution in [3.63, 3.8) is 0 Å². The summed E-state index contributed by atoms with van der Waals surface area (Å²) in [7, 11) is 0. The lowest BCUT2D eigenvalue weighted by molar-refractivity contribution is 0.209. The van der Waals surface area contributed by atoms with E-state index in [4.69, 9.17) is 0 Å². The van der Waals surface area contributed by atoms with Crippen molar-refractivity contribution in [2.75, 3.05) is 5.33 Å². The Balaban J connectivity index is 2.63. The van der Waals surface area contributed by atoms with Crippen LogP contribution in [0.1, 0.15) is 29.2 Å². The molecule has 0 aliphatic carbocycles. The molecule has 0 aromatic carbocycles. The van der Waals surface area contributed by atoms with Gasteiger partial charge in [-0.3, -0.25) is 0 Å². The third kappa shape index (κ3) is 2.57. The number of halogens is 1. The zero-order valence-corrected chi connectivity index (χ0v) is 9.49. The SMILES string of the molecule is CCCc1ccc(C(O)CBr)s1. The van der Waals surface area contributed by atoms with Crippen LogP contribution < -0.4 is 0 Å². The van der Waals surface area contributed by atoms with Gasteiger partial charge >= 0.3 is 0 Å². The maximum atomic E-state index is 9.47. The van der Waals surface area contributed by atoms with Gasteiger partial charge in [-0.25, -0.2) is 0 Å². The third-order valence-corrected chi connectivity index (χ3v) is 3.51. The van der Waals surface area contributed by atoms with Crippen molar-refractivity contribution in [3.05, 3.63) is 21.9 Å². The normalized spacial score (nSPS) is 13.2. The summed E-state index contributed by atoms with van der Waals surface area (Å²) in [5.74, 6) is 0. The van der Waals surface area contributed by atoms with E-state index in [0.717, 1.165) is 11.3 Å². The smallest absolute Gasteiger partial charge is 0.0978 e. The molecule has 0 bridgehead atoms. The zero-order valence-electron chi connectivity index (χ0n) is 7.09. The summed E-state index contributed by atoms with van der Waals surface area (Å²) in [5.41, 5.74) is 0. The van der Waals surface area contributed by atoms with Crippen molar-refractivity contribution >= 4 is 27.3 Å². The number of aliphatic hydroxyl groups excluding tert-OH is 1. The first kappa shape index (κ1) is 10.2. The molecule has 0 saturated carbocycles. The summed E-state index contributed by atoms with van der Waals surface area (Å²) in [5, 5.41) is 10.1. The summed E-state index contributed by atoms with van der Waals surface area (Å²) in [6.07, 6.45) is 1.96. The lowest BCUT2D eigenvalue weighted by atomic mass is 10.3. The molecule has 0 fully saturated rings. The van der Waals surface area contributed by atoms with Gasteiger partial charge in [-0.15, -0.1) is 11.3 Å². The minimum absolute atomic E-state index is 0.333. The molecule has 0 radical (unpaired) electrons. The Kier molecular flexibility index (Phi) is 4.26. The molecule has 1 N–H and O–H groups in total. The summed E-state index contributed by atoms with van der Waals surface area (Å²) in [6, 6.07) is 4.12. The Morgan fingerprint density at radius 1 is 1.58 bits per heavy atom. The number of thiophene rings is 1. The van der Waals surface area contributed by atoms with Crippen LogP contribution in [0.3, 0.4) is 0 Å². The predicted octanol–water partition coefficient (Wildman–Crippen LogP) is 3.13. The molecule has 1 aromatic rings. The number of aryl methyl sites for hydroxylation is 1.